The monoisotopic (exact) mass is 536 g/mol. The number of nitrogens with zero attached hydrogens (tertiary/aromatic N) is 1. The molecule has 4 aromatic rings. The average molecular weight is 538 g/mol. The van der Waals surface area contributed by atoms with Gasteiger partial charge in [0.15, 0.2) is 0 Å². The van der Waals surface area contributed by atoms with Gasteiger partial charge in [0.2, 0.25) is 0 Å². The summed E-state index contributed by atoms with van der Waals surface area (Å²) in [7, 11) is 0. The van der Waals surface area contributed by atoms with Gasteiger partial charge >= 0.3 is 0 Å². The molecule has 0 saturated heterocycles. The van der Waals surface area contributed by atoms with Crippen molar-refractivity contribution in [2.24, 2.45) is 5.10 Å². The van der Waals surface area contributed by atoms with Crippen LogP contribution in [0.5, 0.6) is 5.75 Å². The molecule has 0 aliphatic carbocycles. The van der Waals surface area contributed by atoms with Crippen LogP contribution in [0.3, 0.4) is 0 Å². The van der Waals surface area contributed by atoms with E-state index in [2.05, 4.69) is 66.7 Å². The van der Waals surface area contributed by atoms with Crippen molar-refractivity contribution in [1.82, 2.24) is 5.43 Å². The van der Waals surface area contributed by atoms with Crippen LogP contribution >= 0.6 is 31.9 Å². The van der Waals surface area contributed by atoms with Crippen LogP contribution in [0.25, 0.3) is 10.8 Å². The molecule has 0 aromatic heterocycles. The highest BCUT2D eigenvalue weighted by Gasteiger charge is 2.08. The second-order valence-corrected chi connectivity index (χ2v) is 8.50. The third kappa shape index (κ3) is 5.21. The van der Waals surface area contributed by atoms with Gasteiger partial charge in [-0.3, -0.25) is 4.79 Å². The lowest BCUT2D eigenvalue weighted by atomic mass is 10.1. The molecule has 0 heterocycles. The average Bonchev–Trinajstić information content (AvgIpc) is 2.79. The zero-order chi connectivity index (χ0) is 21.6. The van der Waals surface area contributed by atoms with Gasteiger partial charge in [-0.1, -0.05) is 54.6 Å². The SMILES string of the molecule is O=C(N/N=C\c1ccc(OCc2cccc3ccccc23)c(Br)c1)c1ccccc1Br. The molecule has 4 aromatic carbocycles. The summed E-state index contributed by atoms with van der Waals surface area (Å²) >= 11 is 6.92. The topological polar surface area (TPSA) is 50.7 Å². The van der Waals surface area contributed by atoms with Gasteiger partial charge in [0.25, 0.3) is 5.91 Å². The number of ether oxygens (including phenoxy) is 1. The van der Waals surface area contributed by atoms with Crippen molar-refractivity contribution in [3.8, 4) is 5.75 Å². The van der Waals surface area contributed by atoms with Crippen molar-refractivity contribution in [3.05, 3.63) is 111 Å². The molecule has 0 radical (unpaired) electrons. The standard InChI is InChI=1S/C25H18Br2N2O2/c26-22-11-4-3-10-21(22)25(30)29-28-15-17-12-13-24(23(27)14-17)31-16-19-8-5-7-18-6-1-2-9-20(18)19/h1-15H,16H2,(H,29,30)/b28-15-. The predicted octanol–water partition coefficient (Wildman–Crippen LogP) is 6.71. The van der Waals surface area contributed by atoms with E-state index >= 15 is 0 Å². The lowest BCUT2D eigenvalue weighted by molar-refractivity contribution is 0.0954. The van der Waals surface area contributed by atoms with Gasteiger partial charge in [-0.25, -0.2) is 5.43 Å². The molecule has 31 heavy (non-hydrogen) atoms. The molecule has 0 spiro atoms. The van der Waals surface area contributed by atoms with Crippen LogP contribution in [0.4, 0.5) is 0 Å². The van der Waals surface area contributed by atoms with Crippen LogP contribution in [-0.2, 0) is 6.61 Å². The quantitative estimate of drug-likeness (QED) is 0.219. The van der Waals surface area contributed by atoms with Crippen LogP contribution in [0.15, 0.2) is 99.0 Å². The first kappa shape index (κ1) is 21.3. The minimum atomic E-state index is -0.280. The Balaban J connectivity index is 1.40. The van der Waals surface area contributed by atoms with E-state index in [1.54, 1.807) is 18.3 Å². The van der Waals surface area contributed by atoms with E-state index in [-0.39, 0.29) is 5.91 Å². The molecule has 0 aliphatic rings. The van der Waals surface area contributed by atoms with Gasteiger partial charge in [-0.05, 0) is 84.1 Å². The zero-order valence-corrected chi connectivity index (χ0v) is 19.6. The van der Waals surface area contributed by atoms with E-state index in [1.165, 1.54) is 10.8 Å². The van der Waals surface area contributed by atoms with Crippen LogP contribution in [0.1, 0.15) is 21.5 Å². The summed E-state index contributed by atoms with van der Waals surface area (Å²) in [5, 5.41) is 6.43. The lowest BCUT2D eigenvalue weighted by Crippen LogP contribution is -2.18. The minimum absolute atomic E-state index is 0.280. The molecule has 4 rings (SSSR count). The molecule has 0 atom stereocenters. The molecular weight excluding hydrogens is 520 g/mol. The maximum Gasteiger partial charge on any atom is 0.272 e. The number of fused-ring (bicyclic) bond motifs is 1. The number of hydrogen-bond acceptors (Lipinski definition) is 3. The van der Waals surface area contributed by atoms with Crippen LogP contribution in [-0.4, -0.2) is 12.1 Å². The fraction of sp³-hybridized carbons (Fsp3) is 0.0400. The maximum absolute atomic E-state index is 12.2. The van der Waals surface area contributed by atoms with E-state index in [4.69, 9.17) is 4.74 Å². The van der Waals surface area contributed by atoms with E-state index in [0.29, 0.717) is 12.2 Å². The first-order valence-corrected chi connectivity index (χ1v) is 11.2. The lowest BCUT2D eigenvalue weighted by Gasteiger charge is -2.11. The van der Waals surface area contributed by atoms with Gasteiger partial charge < -0.3 is 4.74 Å². The van der Waals surface area contributed by atoms with Crippen molar-refractivity contribution >= 4 is 54.8 Å². The highest BCUT2D eigenvalue weighted by Crippen LogP contribution is 2.27. The molecule has 154 valence electrons. The molecule has 0 saturated carbocycles. The van der Waals surface area contributed by atoms with Crippen molar-refractivity contribution in [2.75, 3.05) is 0 Å². The number of benzene rings is 4. The number of amides is 1. The molecule has 0 aliphatic heterocycles. The third-order valence-electron chi connectivity index (χ3n) is 4.72. The molecule has 0 bridgehead atoms. The van der Waals surface area contributed by atoms with Gasteiger partial charge in [0.05, 0.1) is 16.3 Å². The van der Waals surface area contributed by atoms with E-state index < -0.39 is 0 Å². The van der Waals surface area contributed by atoms with Crippen molar-refractivity contribution in [3.63, 3.8) is 0 Å². The molecule has 0 fully saturated rings. The molecule has 6 heteroatoms. The minimum Gasteiger partial charge on any atom is -0.488 e. The summed E-state index contributed by atoms with van der Waals surface area (Å²) in [5.74, 6) is 0.458. The first-order chi connectivity index (χ1) is 15.1. The smallest absolute Gasteiger partial charge is 0.272 e. The number of carbonyl (C=O) groups excluding carboxylic acids is 1. The number of carbonyl (C=O) groups is 1. The second-order valence-electron chi connectivity index (χ2n) is 6.80. The molecular formula is C25H18Br2N2O2. The largest absolute Gasteiger partial charge is 0.488 e. The highest BCUT2D eigenvalue weighted by molar-refractivity contribution is 9.10. The number of halogens is 2. The Morgan fingerprint density at radius 3 is 2.52 bits per heavy atom. The molecule has 4 nitrogen and oxygen atoms in total. The Kier molecular flexibility index (Phi) is 6.79. The van der Waals surface area contributed by atoms with Gasteiger partial charge in [-0.2, -0.15) is 5.10 Å². The summed E-state index contributed by atoms with van der Waals surface area (Å²) in [6.45, 7) is 0.468. The number of hydrazone groups is 1. The van der Waals surface area contributed by atoms with E-state index in [0.717, 1.165) is 25.8 Å². The van der Waals surface area contributed by atoms with Crippen molar-refractivity contribution in [1.29, 1.82) is 0 Å². The summed E-state index contributed by atoms with van der Waals surface area (Å²) in [4.78, 5) is 12.2. The summed E-state index contributed by atoms with van der Waals surface area (Å²) < 4.78 is 7.57. The third-order valence-corrected chi connectivity index (χ3v) is 6.03. The Morgan fingerprint density at radius 1 is 0.903 bits per heavy atom. The van der Waals surface area contributed by atoms with Gasteiger partial charge in [0.1, 0.15) is 12.4 Å². The van der Waals surface area contributed by atoms with Crippen molar-refractivity contribution in [2.45, 2.75) is 6.61 Å². The summed E-state index contributed by atoms with van der Waals surface area (Å²) in [5.41, 5.74) is 5.03. The van der Waals surface area contributed by atoms with E-state index in [9.17, 15) is 4.79 Å². The maximum atomic E-state index is 12.2. The predicted molar refractivity (Wildman–Crippen MR) is 132 cm³/mol. The normalized spacial score (nSPS) is 11.0. The van der Waals surface area contributed by atoms with Crippen LogP contribution < -0.4 is 10.2 Å². The van der Waals surface area contributed by atoms with Crippen molar-refractivity contribution < 1.29 is 9.53 Å². The van der Waals surface area contributed by atoms with Crippen LogP contribution in [0, 0.1) is 0 Å². The Morgan fingerprint density at radius 2 is 1.68 bits per heavy atom. The first-order valence-electron chi connectivity index (χ1n) is 9.59. The van der Waals surface area contributed by atoms with Gasteiger partial charge in [0, 0.05) is 4.47 Å². The summed E-state index contributed by atoms with van der Waals surface area (Å²) in [6, 6.07) is 27.3. The Labute approximate surface area is 197 Å². The van der Waals surface area contributed by atoms with Gasteiger partial charge in [-0.15, -0.1) is 0 Å². The summed E-state index contributed by atoms with van der Waals surface area (Å²) in [6.07, 6.45) is 1.59. The number of hydrogen-bond donors (Lipinski definition) is 1. The Hall–Kier alpha value is -2.96. The fourth-order valence-corrected chi connectivity index (χ4v) is 4.14. The Bertz CT molecular complexity index is 1270. The number of nitrogens with one attached hydrogen (secondary N) is 1. The second kappa shape index (κ2) is 9.90. The molecule has 0 unspecified atom stereocenters. The zero-order valence-electron chi connectivity index (χ0n) is 16.4. The number of rotatable bonds is 6. The highest BCUT2D eigenvalue weighted by atomic mass is 79.9. The fourth-order valence-electron chi connectivity index (χ4n) is 3.16. The molecule has 1 N–H and O–H groups in total. The molecule has 1 amide bonds. The van der Waals surface area contributed by atoms with Crippen LogP contribution in [0.2, 0.25) is 0 Å². The van der Waals surface area contributed by atoms with E-state index in [1.807, 2.05) is 48.5 Å².